The lowest BCUT2D eigenvalue weighted by molar-refractivity contribution is -0.115. The first kappa shape index (κ1) is 26.5. The van der Waals surface area contributed by atoms with Gasteiger partial charge in [0.2, 0.25) is 11.7 Å². The summed E-state index contributed by atoms with van der Waals surface area (Å²) in [5.74, 6) is 1.73. The minimum absolute atomic E-state index is 0.0407. The summed E-state index contributed by atoms with van der Waals surface area (Å²) in [6.45, 7) is 0. The molecule has 0 saturated heterocycles. The third-order valence-electron chi connectivity index (χ3n) is 5.19. The molecule has 0 aromatic heterocycles. The first-order valence-electron chi connectivity index (χ1n) is 10.7. The third kappa shape index (κ3) is 6.11. The van der Waals surface area contributed by atoms with Crippen molar-refractivity contribution in [3.05, 3.63) is 60.2 Å². The molecule has 0 aliphatic carbocycles. The maximum atomic E-state index is 13.0. The largest absolute Gasteiger partial charge is 0.497 e. The van der Waals surface area contributed by atoms with Gasteiger partial charge in [0.05, 0.1) is 52.6 Å². The first-order valence-corrected chi connectivity index (χ1v) is 12.2. The van der Waals surface area contributed by atoms with Gasteiger partial charge in [0.15, 0.2) is 11.5 Å². The van der Waals surface area contributed by atoms with E-state index in [4.69, 9.17) is 23.7 Å². The number of sulfonamides is 1. The fourth-order valence-electron chi connectivity index (χ4n) is 3.44. The van der Waals surface area contributed by atoms with Gasteiger partial charge >= 0.3 is 0 Å². The van der Waals surface area contributed by atoms with Gasteiger partial charge in [-0.2, -0.15) is 0 Å². The molecule has 0 bridgehead atoms. The van der Waals surface area contributed by atoms with E-state index in [-0.39, 0.29) is 17.0 Å². The van der Waals surface area contributed by atoms with Crippen LogP contribution in [0.25, 0.3) is 0 Å². The van der Waals surface area contributed by atoms with Crippen LogP contribution < -0.4 is 33.7 Å². The summed E-state index contributed by atoms with van der Waals surface area (Å²) in [6, 6.07) is 14.0. The molecule has 3 rings (SSSR count). The van der Waals surface area contributed by atoms with E-state index in [1.54, 1.807) is 36.4 Å². The Hall–Kier alpha value is -4.12. The van der Waals surface area contributed by atoms with Crippen molar-refractivity contribution < 1.29 is 36.9 Å². The molecule has 3 aromatic rings. The standard InChI is InChI=1S/C25H28N2O8S/c1-31-18-8-6-17(7-9-18)27-36(29,30)19-10-11-21(32-2)20(15-19)26-24(28)14-16-12-22(33-3)25(35-5)23(13-16)34-4/h6-13,15,27H,14H2,1-5H3,(H,26,28). The Balaban J connectivity index is 1.83. The number of rotatable bonds is 11. The van der Waals surface area contributed by atoms with Crippen LogP contribution in [0.5, 0.6) is 28.7 Å². The zero-order valence-corrected chi connectivity index (χ0v) is 21.4. The Labute approximate surface area is 210 Å². The summed E-state index contributed by atoms with van der Waals surface area (Å²) < 4.78 is 54.8. The Kier molecular flexibility index (Phi) is 8.49. The molecule has 0 heterocycles. The van der Waals surface area contributed by atoms with Crippen LogP contribution in [-0.2, 0) is 21.2 Å². The molecular formula is C25H28N2O8S. The van der Waals surface area contributed by atoms with Crippen molar-refractivity contribution in [3.63, 3.8) is 0 Å². The van der Waals surface area contributed by atoms with Gasteiger partial charge in [-0.15, -0.1) is 0 Å². The molecule has 1 amide bonds. The summed E-state index contributed by atoms with van der Waals surface area (Å²) in [5, 5.41) is 2.72. The second kappa shape index (κ2) is 11.5. The monoisotopic (exact) mass is 516 g/mol. The number of hydrogen-bond acceptors (Lipinski definition) is 8. The summed E-state index contributed by atoms with van der Waals surface area (Å²) in [4.78, 5) is 12.8. The molecular weight excluding hydrogens is 488 g/mol. The Bertz CT molecular complexity index is 1300. The number of hydrogen-bond donors (Lipinski definition) is 2. The van der Waals surface area contributed by atoms with E-state index in [1.807, 2.05) is 0 Å². The summed E-state index contributed by atoms with van der Waals surface area (Å²) >= 11 is 0. The predicted molar refractivity (Wildman–Crippen MR) is 135 cm³/mol. The SMILES string of the molecule is COc1ccc(NS(=O)(=O)c2ccc(OC)c(NC(=O)Cc3cc(OC)c(OC)c(OC)c3)c2)cc1. The number of nitrogens with one attached hydrogen (secondary N) is 2. The number of carbonyl (C=O) groups excluding carboxylic acids is 1. The lowest BCUT2D eigenvalue weighted by Crippen LogP contribution is -2.17. The van der Waals surface area contributed by atoms with Crippen LogP contribution in [0.3, 0.4) is 0 Å². The second-order valence-corrected chi connectivity index (χ2v) is 9.14. The van der Waals surface area contributed by atoms with Crippen LogP contribution in [-0.4, -0.2) is 49.9 Å². The van der Waals surface area contributed by atoms with E-state index in [1.165, 1.54) is 53.7 Å². The van der Waals surface area contributed by atoms with Crippen LogP contribution in [0.2, 0.25) is 0 Å². The fourth-order valence-corrected chi connectivity index (χ4v) is 4.53. The number of benzene rings is 3. The second-order valence-electron chi connectivity index (χ2n) is 7.45. The molecule has 0 saturated carbocycles. The quantitative estimate of drug-likeness (QED) is 0.396. The van der Waals surface area contributed by atoms with Crippen molar-refractivity contribution >= 4 is 27.3 Å². The molecule has 0 aliphatic rings. The van der Waals surface area contributed by atoms with E-state index in [0.717, 1.165) is 0 Å². The zero-order valence-electron chi connectivity index (χ0n) is 20.6. The maximum absolute atomic E-state index is 13.0. The van der Waals surface area contributed by atoms with Gasteiger partial charge in [-0.1, -0.05) is 0 Å². The van der Waals surface area contributed by atoms with Gasteiger partial charge in [-0.25, -0.2) is 8.42 Å². The van der Waals surface area contributed by atoms with Crippen LogP contribution >= 0.6 is 0 Å². The summed E-state index contributed by atoms with van der Waals surface area (Å²) in [7, 11) is 3.46. The molecule has 0 spiro atoms. The maximum Gasteiger partial charge on any atom is 0.261 e. The van der Waals surface area contributed by atoms with E-state index in [2.05, 4.69) is 10.0 Å². The number of carbonyl (C=O) groups is 1. The Morgan fingerprint density at radius 2 is 1.36 bits per heavy atom. The van der Waals surface area contributed by atoms with Crippen molar-refractivity contribution in [2.75, 3.05) is 45.6 Å². The first-order chi connectivity index (χ1) is 17.2. The van der Waals surface area contributed by atoms with E-state index in [9.17, 15) is 13.2 Å². The third-order valence-corrected chi connectivity index (χ3v) is 6.57. The highest BCUT2D eigenvalue weighted by Gasteiger charge is 2.19. The molecule has 11 heteroatoms. The fraction of sp³-hybridized carbons (Fsp3) is 0.240. The van der Waals surface area contributed by atoms with Crippen LogP contribution in [0.4, 0.5) is 11.4 Å². The van der Waals surface area contributed by atoms with Crippen molar-refractivity contribution in [3.8, 4) is 28.7 Å². The lowest BCUT2D eigenvalue weighted by Gasteiger charge is -2.15. The number of methoxy groups -OCH3 is 5. The molecule has 3 aromatic carbocycles. The van der Waals surface area contributed by atoms with Gasteiger partial charge in [0.1, 0.15) is 11.5 Å². The summed E-state index contributed by atoms with van der Waals surface area (Å²) in [6.07, 6.45) is -0.0407. The number of amides is 1. The normalized spacial score (nSPS) is 10.8. The average molecular weight is 517 g/mol. The van der Waals surface area contributed by atoms with Crippen LogP contribution in [0, 0.1) is 0 Å². The van der Waals surface area contributed by atoms with E-state index < -0.39 is 15.9 Å². The smallest absolute Gasteiger partial charge is 0.261 e. The van der Waals surface area contributed by atoms with Crippen LogP contribution in [0.15, 0.2) is 59.5 Å². The van der Waals surface area contributed by atoms with E-state index >= 15 is 0 Å². The van der Waals surface area contributed by atoms with Crippen molar-refractivity contribution in [2.24, 2.45) is 0 Å². The minimum Gasteiger partial charge on any atom is -0.497 e. The van der Waals surface area contributed by atoms with Crippen molar-refractivity contribution in [1.82, 2.24) is 0 Å². The minimum atomic E-state index is -3.95. The Morgan fingerprint density at radius 1 is 0.750 bits per heavy atom. The predicted octanol–water partition coefficient (Wildman–Crippen LogP) is 3.71. The van der Waals surface area contributed by atoms with Crippen molar-refractivity contribution in [1.29, 1.82) is 0 Å². The number of anilines is 2. The van der Waals surface area contributed by atoms with Gasteiger partial charge in [0.25, 0.3) is 10.0 Å². The molecule has 0 radical (unpaired) electrons. The topological polar surface area (TPSA) is 121 Å². The average Bonchev–Trinajstić information content (AvgIpc) is 2.88. The molecule has 36 heavy (non-hydrogen) atoms. The highest BCUT2D eigenvalue weighted by atomic mass is 32.2. The van der Waals surface area contributed by atoms with Gasteiger partial charge in [0, 0.05) is 5.69 Å². The summed E-state index contributed by atoms with van der Waals surface area (Å²) in [5.41, 5.74) is 1.16. The lowest BCUT2D eigenvalue weighted by atomic mass is 10.1. The van der Waals surface area contributed by atoms with Gasteiger partial charge in [-0.05, 0) is 60.2 Å². The highest BCUT2D eigenvalue weighted by molar-refractivity contribution is 7.92. The number of ether oxygens (including phenoxy) is 5. The van der Waals surface area contributed by atoms with Gasteiger partial charge < -0.3 is 29.0 Å². The molecule has 0 unspecified atom stereocenters. The van der Waals surface area contributed by atoms with Gasteiger partial charge in [-0.3, -0.25) is 9.52 Å². The molecule has 2 N–H and O–H groups in total. The zero-order chi connectivity index (χ0) is 26.3. The molecule has 10 nitrogen and oxygen atoms in total. The molecule has 0 aliphatic heterocycles. The molecule has 192 valence electrons. The Morgan fingerprint density at radius 3 is 1.89 bits per heavy atom. The highest BCUT2D eigenvalue weighted by Crippen LogP contribution is 2.38. The van der Waals surface area contributed by atoms with Crippen molar-refractivity contribution in [2.45, 2.75) is 11.3 Å². The molecule has 0 fully saturated rings. The molecule has 0 atom stereocenters. The van der Waals surface area contributed by atoms with Crippen LogP contribution in [0.1, 0.15) is 5.56 Å². The van der Waals surface area contributed by atoms with E-state index in [0.29, 0.717) is 40.0 Å².